The van der Waals surface area contributed by atoms with Crippen LogP contribution in [0.2, 0.25) is 0 Å². The summed E-state index contributed by atoms with van der Waals surface area (Å²) in [6.07, 6.45) is 2.09. The van der Waals surface area contributed by atoms with Crippen LogP contribution in [0, 0.1) is 6.92 Å². The van der Waals surface area contributed by atoms with E-state index in [0.717, 1.165) is 25.1 Å². The molecule has 4 heteroatoms. The van der Waals surface area contributed by atoms with Crippen LogP contribution >= 0.6 is 27.3 Å². The molecule has 0 aliphatic rings. The van der Waals surface area contributed by atoms with Gasteiger partial charge in [0.05, 0.1) is 7.11 Å². The van der Waals surface area contributed by atoms with Crippen molar-refractivity contribution in [2.45, 2.75) is 32.7 Å². The number of methoxy groups -OCH3 is 1. The molecule has 1 aromatic heterocycles. The fraction of sp³-hybridized carbons (Fsp3) is 0.412. The van der Waals surface area contributed by atoms with Crippen molar-refractivity contribution in [3.05, 3.63) is 50.1 Å². The number of nitrogens with one attached hydrogen (secondary N) is 1. The molecule has 0 spiro atoms. The summed E-state index contributed by atoms with van der Waals surface area (Å²) >= 11 is 5.43. The highest BCUT2D eigenvalue weighted by molar-refractivity contribution is 9.10. The Morgan fingerprint density at radius 2 is 2.14 bits per heavy atom. The van der Waals surface area contributed by atoms with Gasteiger partial charge in [0.1, 0.15) is 5.75 Å². The number of halogens is 1. The minimum atomic E-state index is 0.273. The monoisotopic (exact) mass is 367 g/mol. The second kappa shape index (κ2) is 7.97. The summed E-state index contributed by atoms with van der Waals surface area (Å²) in [5.41, 5.74) is 2.51. The molecule has 0 aliphatic heterocycles. The lowest BCUT2D eigenvalue weighted by Crippen LogP contribution is -2.24. The van der Waals surface area contributed by atoms with Crippen molar-refractivity contribution in [3.8, 4) is 5.75 Å². The normalized spacial score (nSPS) is 12.4. The number of rotatable bonds is 7. The van der Waals surface area contributed by atoms with E-state index in [-0.39, 0.29) is 6.04 Å². The van der Waals surface area contributed by atoms with Crippen LogP contribution in [0.15, 0.2) is 34.1 Å². The van der Waals surface area contributed by atoms with Gasteiger partial charge in [0.15, 0.2) is 0 Å². The third-order valence-electron chi connectivity index (χ3n) is 3.48. The molecule has 2 nitrogen and oxygen atoms in total. The Labute approximate surface area is 139 Å². The molecule has 0 saturated carbocycles. The Balaban J connectivity index is 2.31. The van der Waals surface area contributed by atoms with E-state index >= 15 is 0 Å². The van der Waals surface area contributed by atoms with Crippen molar-refractivity contribution in [2.75, 3.05) is 13.7 Å². The van der Waals surface area contributed by atoms with E-state index in [9.17, 15) is 0 Å². The number of hydrogen-bond donors (Lipinski definition) is 1. The van der Waals surface area contributed by atoms with Crippen LogP contribution in [0.1, 0.15) is 35.4 Å². The van der Waals surface area contributed by atoms with Crippen molar-refractivity contribution >= 4 is 27.3 Å². The molecule has 0 radical (unpaired) electrons. The summed E-state index contributed by atoms with van der Waals surface area (Å²) in [6.45, 7) is 5.32. The topological polar surface area (TPSA) is 21.3 Å². The fourth-order valence-corrected chi connectivity index (χ4v) is 3.95. The highest BCUT2D eigenvalue weighted by Crippen LogP contribution is 2.32. The Kier molecular flexibility index (Phi) is 6.27. The highest BCUT2D eigenvalue weighted by Gasteiger charge is 2.18. The smallest absolute Gasteiger partial charge is 0.123 e. The summed E-state index contributed by atoms with van der Waals surface area (Å²) in [6, 6.07) is 8.78. The van der Waals surface area contributed by atoms with Gasteiger partial charge >= 0.3 is 0 Å². The first-order valence-electron chi connectivity index (χ1n) is 7.25. The first kappa shape index (κ1) is 16.5. The lowest BCUT2D eigenvalue weighted by molar-refractivity contribution is 0.398. The number of thiophene rings is 1. The summed E-state index contributed by atoms with van der Waals surface area (Å²) in [5, 5.41) is 5.79. The average molecular weight is 368 g/mol. The molecule has 1 atom stereocenters. The van der Waals surface area contributed by atoms with Crippen molar-refractivity contribution in [2.24, 2.45) is 0 Å². The molecule has 0 amide bonds. The molecule has 0 bridgehead atoms. The Morgan fingerprint density at radius 1 is 1.33 bits per heavy atom. The zero-order valence-electron chi connectivity index (χ0n) is 12.8. The average Bonchev–Trinajstić information content (AvgIpc) is 2.88. The van der Waals surface area contributed by atoms with Crippen LogP contribution in [-0.4, -0.2) is 13.7 Å². The van der Waals surface area contributed by atoms with E-state index in [1.54, 1.807) is 18.4 Å². The van der Waals surface area contributed by atoms with Crippen LogP contribution in [0.4, 0.5) is 0 Å². The second-order valence-electron chi connectivity index (χ2n) is 5.15. The van der Waals surface area contributed by atoms with Crippen LogP contribution in [0.5, 0.6) is 5.75 Å². The second-order valence-corrected chi connectivity index (χ2v) is 7.00. The van der Waals surface area contributed by atoms with Crippen molar-refractivity contribution in [1.29, 1.82) is 0 Å². The van der Waals surface area contributed by atoms with E-state index in [2.05, 4.69) is 64.7 Å². The summed E-state index contributed by atoms with van der Waals surface area (Å²) in [7, 11) is 1.74. The molecule has 1 N–H and O–H groups in total. The van der Waals surface area contributed by atoms with Gasteiger partial charge in [-0.2, -0.15) is 0 Å². The van der Waals surface area contributed by atoms with Crippen molar-refractivity contribution in [1.82, 2.24) is 5.32 Å². The lowest BCUT2D eigenvalue weighted by Gasteiger charge is -2.21. The fourth-order valence-electron chi connectivity index (χ4n) is 2.39. The van der Waals surface area contributed by atoms with Crippen LogP contribution in [0.3, 0.4) is 0 Å². The Hall–Kier alpha value is -0.840. The first-order valence-corrected chi connectivity index (χ1v) is 8.92. The molecular weight excluding hydrogens is 346 g/mol. The zero-order chi connectivity index (χ0) is 15.2. The Morgan fingerprint density at radius 3 is 2.76 bits per heavy atom. The molecule has 1 aromatic carbocycles. The molecule has 21 heavy (non-hydrogen) atoms. The summed E-state index contributed by atoms with van der Waals surface area (Å²) in [5.74, 6) is 0.960. The first-order chi connectivity index (χ1) is 10.2. The van der Waals surface area contributed by atoms with Gasteiger partial charge < -0.3 is 10.1 Å². The number of ether oxygens (including phenoxy) is 1. The SMILES string of the molecule is CCCNC(Cc1sccc1Br)c1cc(C)ccc1OC. The zero-order valence-corrected chi connectivity index (χ0v) is 15.2. The molecule has 114 valence electrons. The van der Waals surface area contributed by atoms with E-state index in [1.165, 1.54) is 20.5 Å². The third kappa shape index (κ3) is 4.31. The predicted molar refractivity (Wildman–Crippen MR) is 94.5 cm³/mol. The van der Waals surface area contributed by atoms with E-state index in [4.69, 9.17) is 4.74 Å². The van der Waals surface area contributed by atoms with Gasteiger partial charge in [-0.15, -0.1) is 11.3 Å². The van der Waals surface area contributed by atoms with Crippen LogP contribution < -0.4 is 10.1 Å². The molecule has 2 aromatic rings. The minimum absolute atomic E-state index is 0.273. The van der Waals surface area contributed by atoms with Gasteiger partial charge in [0.25, 0.3) is 0 Å². The van der Waals surface area contributed by atoms with Gasteiger partial charge in [-0.3, -0.25) is 0 Å². The van der Waals surface area contributed by atoms with Crippen LogP contribution in [-0.2, 0) is 6.42 Å². The van der Waals surface area contributed by atoms with Crippen molar-refractivity contribution in [3.63, 3.8) is 0 Å². The standard InChI is InChI=1S/C17H22BrNOS/c1-4-8-19-15(11-17-14(18)7-9-21-17)13-10-12(2)5-6-16(13)20-3/h5-7,9-10,15,19H,4,8,11H2,1-3H3. The van der Waals surface area contributed by atoms with Gasteiger partial charge in [0.2, 0.25) is 0 Å². The highest BCUT2D eigenvalue weighted by atomic mass is 79.9. The van der Waals surface area contributed by atoms with E-state index in [0.29, 0.717) is 0 Å². The predicted octanol–water partition coefficient (Wildman–Crippen LogP) is 5.11. The van der Waals surface area contributed by atoms with E-state index < -0.39 is 0 Å². The van der Waals surface area contributed by atoms with Gasteiger partial charge in [0, 0.05) is 27.4 Å². The quantitative estimate of drug-likeness (QED) is 0.733. The maximum Gasteiger partial charge on any atom is 0.123 e. The van der Waals surface area contributed by atoms with Crippen molar-refractivity contribution < 1.29 is 4.74 Å². The van der Waals surface area contributed by atoms with Crippen LogP contribution in [0.25, 0.3) is 0 Å². The molecular formula is C17H22BrNOS. The number of benzene rings is 1. The molecule has 0 saturated heterocycles. The molecule has 1 unspecified atom stereocenters. The molecule has 0 aliphatic carbocycles. The maximum absolute atomic E-state index is 5.56. The lowest BCUT2D eigenvalue weighted by atomic mass is 9.99. The largest absolute Gasteiger partial charge is 0.496 e. The number of aryl methyl sites for hydroxylation is 1. The number of hydrogen-bond acceptors (Lipinski definition) is 3. The third-order valence-corrected chi connectivity index (χ3v) is 5.43. The van der Waals surface area contributed by atoms with Gasteiger partial charge in [-0.05, 0) is 53.3 Å². The minimum Gasteiger partial charge on any atom is -0.496 e. The summed E-state index contributed by atoms with van der Waals surface area (Å²) in [4.78, 5) is 1.37. The molecule has 2 rings (SSSR count). The summed E-state index contributed by atoms with van der Waals surface area (Å²) < 4.78 is 6.76. The molecule has 1 heterocycles. The maximum atomic E-state index is 5.56. The van der Waals surface area contributed by atoms with Gasteiger partial charge in [-0.1, -0.05) is 24.6 Å². The van der Waals surface area contributed by atoms with E-state index in [1.807, 2.05) is 0 Å². The van der Waals surface area contributed by atoms with Gasteiger partial charge in [-0.25, -0.2) is 0 Å². The Bertz CT molecular complexity index is 582. The molecule has 0 fully saturated rings.